The van der Waals surface area contributed by atoms with Crippen molar-refractivity contribution in [2.24, 2.45) is 0 Å². The molecular weight excluding hydrogens is 585 g/mol. The number of thiophene rings is 1. The van der Waals surface area contributed by atoms with Gasteiger partial charge in [-0.15, -0.1) is 17.3 Å². The summed E-state index contributed by atoms with van der Waals surface area (Å²) in [6.45, 7) is 4.17. The van der Waals surface area contributed by atoms with Gasteiger partial charge in [0.25, 0.3) is 0 Å². The summed E-state index contributed by atoms with van der Waals surface area (Å²) >= 11 is 1.68. The third kappa shape index (κ3) is 7.57. The molecular formula is C34H34O7S2. The summed E-state index contributed by atoms with van der Waals surface area (Å²) in [6, 6.07) is 19.6. The number of aliphatic carboxylic acids is 1. The van der Waals surface area contributed by atoms with Crippen molar-refractivity contribution in [3.8, 4) is 34.5 Å². The molecule has 1 unspecified atom stereocenters. The minimum atomic E-state index is -3.07. The number of carbonyl (C=O) groups is 1. The number of aryl methyl sites for hydroxylation is 1. The zero-order valence-corrected chi connectivity index (χ0v) is 25.8. The van der Waals surface area contributed by atoms with Gasteiger partial charge in [0, 0.05) is 15.6 Å². The molecule has 1 aliphatic rings. The second kappa shape index (κ2) is 12.8. The van der Waals surface area contributed by atoms with Crippen molar-refractivity contribution >= 4 is 37.2 Å². The summed E-state index contributed by atoms with van der Waals surface area (Å²) < 4.78 is 36.6. The Bertz CT molecular complexity index is 1780. The normalized spacial score (nSPS) is 16.2. The van der Waals surface area contributed by atoms with Crippen molar-refractivity contribution in [3.05, 3.63) is 82.7 Å². The van der Waals surface area contributed by atoms with E-state index in [1.807, 2.05) is 49.4 Å². The maximum atomic E-state index is 11.7. The molecule has 0 spiro atoms. The fourth-order valence-electron chi connectivity index (χ4n) is 5.25. The van der Waals surface area contributed by atoms with Crippen LogP contribution >= 0.6 is 11.3 Å². The third-order valence-corrected chi connectivity index (χ3v) is 10.4. The molecule has 0 amide bonds. The highest BCUT2D eigenvalue weighted by Crippen LogP contribution is 2.38. The summed E-state index contributed by atoms with van der Waals surface area (Å²) in [5, 5.41) is 23.2. The monoisotopic (exact) mass is 618 g/mol. The van der Waals surface area contributed by atoms with Gasteiger partial charge in [-0.2, -0.15) is 0 Å². The lowest BCUT2D eigenvalue weighted by atomic mass is 9.96. The number of aliphatic hydroxyl groups is 1. The molecule has 4 aromatic rings. The van der Waals surface area contributed by atoms with Crippen molar-refractivity contribution in [3.63, 3.8) is 0 Å². The highest BCUT2D eigenvalue weighted by atomic mass is 32.2. The van der Waals surface area contributed by atoms with E-state index in [2.05, 4.69) is 35.4 Å². The Morgan fingerprint density at radius 1 is 1.00 bits per heavy atom. The van der Waals surface area contributed by atoms with Crippen molar-refractivity contribution in [1.29, 1.82) is 0 Å². The van der Waals surface area contributed by atoms with Crippen LogP contribution in [0.5, 0.6) is 11.5 Å². The van der Waals surface area contributed by atoms with Crippen LogP contribution in [0.3, 0.4) is 0 Å². The van der Waals surface area contributed by atoms with Gasteiger partial charge >= 0.3 is 5.97 Å². The van der Waals surface area contributed by atoms with Crippen LogP contribution in [0.2, 0.25) is 0 Å². The number of carboxylic acids is 1. The molecule has 7 nitrogen and oxygen atoms in total. The van der Waals surface area contributed by atoms with E-state index in [1.54, 1.807) is 18.3 Å². The highest BCUT2D eigenvalue weighted by molar-refractivity contribution is 7.91. The van der Waals surface area contributed by atoms with Crippen LogP contribution in [0.15, 0.2) is 66.0 Å². The van der Waals surface area contributed by atoms with E-state index in [-0.39, 0.29) is 43.3 Å². The van der Waals surface area contributed by atoms with E-state index in [4.69, 9.17) is 9.47 Å². The summed E-state index contributed by atoms with van der Waals surface area (Å²) in [6.07, 6.45) is 0.328. The van der Waals surface area contributed by atoms with E-state index in [0.717, 1.165) is 33.2 Å². The molecule has 5 rings (SSSR count). The molecule has 1 saturated heterocycles. The van der Waals surface area contributed by atoms with Crippen molar-refractivity contribution in [1.82, 2.24) is 0 Å². The SMILES string of the molecule is CC#CC(CC(=O)O)c1ccc(OCc2ccc3scc(-c4ccc(OCC5(O)CCS(=O)(=O)CC5)cc4C)c3c2)cc1. The predicted octanol–water partition coefficient (Wildman–Crippen LogP) is 6.36. The lowest BCUT2D eigenvalue weighted by Gasteiger charge is -2.31. The van der Waals surface area contributed by atoms with Crippen LogP contribution < -0.4 is 9.47 Å². The number of ether oxygens (including phenoxy) is 2. The molecule has 2 heterocycles. The minimum absolute atomic E-state index is 0.0148. The molecule has 9 heteroatoms. The smallest absolute Gasteiger partial charge is 0.304 e. The van der Waals surface area contributed by atoms with Gasteiger partial charge in [0.1, 0.15) is 30.3 Å². The quantitative estimate of drug-likeness (QED) is 0.199. The molecule has 2 N–H and O–H groups in total. The number of rotatable bonds is 10. The number of benzene rings is 3. The fourth-order valence-corrected chi connectivity index (χ4v) is 7.77. The number of sulfone groups is 1. The minimum Gasteiger partial charge on any atom is -0.491 e. The van der Waals surface area contributed by atoms with Crippen LogP contribution in [0.25, 0.3) is 21.2 Å². The van der Waals surface area contributed by atoms with Crippen molar-refractivity contribution in [2.45, 2.75) is 51.2 Å². The van der Waals surface area contributed by atoms with Gasteiger partial charge < -0.3 is 19.7 Å². The summed E-state index contributed by atoms with van der Waals surface area (Å²) in [5.41, 5.74) is 3.98. The topological polar surface area (TPSA) is 110 Å². The zero-order chi connectivity index (χ0) is 30.6. The number of fused-ring (bicyclic) bond motifs is 1. The van der Waals surface area contributed by atoms with Crippen LogP contribution in [0.1, 0.15) is 48.8 Å². The van der Waals surface area contributed by atoms with Crippen molar-refractivity contribution < 1.29 is 32.9 Å². The zero-order valence-electron chi connectivity index (χ0n) is 24.1. The number of carboxylic acid groups (broad SMARTS) is 1. The molecule has 0 radical (unpaired) electrons. The van der Waals surface area contributed by atoms with Crippen LogP contribution in [0.4, 0.5) is 0 Å². The Labute approximate surface area is 256 Å². The lowest BCUT2D eigenvalue weighted by Crippen LogP contribution is -2.43. The Balaban J connectivity index is 1.26. The Kier molecular flexibility index (Phi) is 9.11. The Hall–Kier alpha value is -3.84. The van der Waals surface area contributed by atoms with Gasteiger partial charge in [0.2, 0.25) is 0 Å². The average molecular weight is 619 g/mol. The first-order valence-corrected chi connectivity index (χ1v) is 16.8. The standard InChI is InChI=1S/C34H34O7S2/c1-3-4-26(19-33(35)36)25-6-8-27(9-7-25)40-20-24-5-12-32-30(18-24)31(21-42-32)29-11-10-28(17-23(29)2)41-22-34(37)13-15-43(38,39)16-14-34/h5-12,17-18,21,26,37H,13-16,19-20,22H2,1-2H3,(H,35,36). The first-order valence-electron chi connectivity index (χ1n) is 14.1. The summed E-state index contributed by atoms with van der Waals surface area (Å²) in [4.78, 5) is 11.2. The number of hydrogen-bond acceptors (Lipinski definition) is 7. The Morgan fingerprint density at radius 3 is 2.40 bits per heavy atom. The van der Waals surface area contributed by atoms with E-state index >= 15 is 0 Å². The first-order chi connectivity index (χ1) is 20.5. The van der Waals surface area contributed by atoms with E-state index in [9.17, 15) is 23.4 Å². The average Bonchev–Trinajstić information content (AvgIpc) is 3.40. The fraction of sp³-hybridized carbons (Fsp3) is 0.324. The highest BCUT2D eigenvalue weighted by Gasteiger charge is 2.36. The Morgan fingerprint density at radius 2 is 1.72 bits per heavy atom. The van der Waals surface area contributed by atoms with Crippen LogP contribution in [-0.2, 0) is 21.2 Å². The van der Waals surface area contributed by atoms with Gasteiger partial charge in [-0.25, -0.2) is 8.42 Å². The molecule has 1 aromatic heterocycles. The van der Waals surface area contributed by atoms with E-state index in [1.165, 1.54) is 4.70 Å². The van der Waals surface area contributed by atoms with E-state index in [0.29, 0.717) is 18.1 Å². The summed E-state index contributed by atoms with van der Waals surface area (Å²) in [7, 11) is -3.07. The van der Waals surface area contributed by atoms with E-state index < -0.39 is 21.4 Å². The maximum absolute atomic E-state index is 11.7. The first kappa shape index (κ1) is 30.6. The van der Waals surface area contributed by atoms with Gasteiger partial charge in [0.05, 0.1) is 23.8 Å². The van der Waals surface area contributed by atoms with Crippen molar-refractivity contribution in [2.75, 3.05) is 18.1 Å². The summed E-state index contributed by atoms with van der Waals surface area (Å²) in [5.74, 6) is 5.84. The molecule has 0 bridgehead atoms. The largest absolute Gasteiger partial charge is 0.491 e. The number of hydrogen-bond donors (Lipinski definition) is 2. The molecule has 3 aromatic carbocycles. The van der Waals surface area contributed by atoms with Crippen LogP contribution in [-0.4, -0.2) is 48.3 Å². The molecule has 1 atom stereocenters. The second-order valence-corrected chi connectivity index (χ2v) is 14.2. The second-order valence-electron chi connectivity index (χ2n) is 11.0. The van der Waals surface area contributed by atoms with Gasteiger partial charge in [-0.3, -0.25) is 4.79 Å². The van der Waals surface area contributed by atoms with Gasteiger partial charge in [-0.05, 0) is 90.7 Å². The molecule has 224 valence electrons. The predicted molar refractivity (Wildman–Crippen MR) is 170 cm³/mol. The van der Waals surface area contributed by atoms with Gasteiger partial charge in [0.15, 0.2) is 9.84 Å². The molecule has 0 aliphatic carbocycles. The molecule has 43 heavy (non-hydrogen) atoms. The molecule has 1 aliphatic heterocycles. The van der Waals surface area contributed by atoms with Crippen LogP contribution in [0, 0.1) is 18.8 Å². The lowest BCUT2D eigenvalue weighted by molar-refractivity contribution is -0.137. The molecule has 1 fully saturated rings. The maximum Gasteiger partial charge on any atom is 0.304 e. The third-order valence-electron chi connectivity index (χ3n) is 7.78. The molecule has 0 saturated carbocycles. The van der Waals surface area contributed by atoms with Gasteiger partial charge in [-0.1, -0.05) is 30.2 Å².